The predicted octanol–water partition coefficient (Wildman–Crippen LogP) is 5.82. The maximum absolute atomic E-state index is 16.0. The van der Waals surface area contributed by atoms with E-state index >= 15 is 8.78 Å². The second-order valence-corrected chi connectivity index (χ2v) is 15.9. The van der Waals surface area contributed by atoms with Crippen molar-refractivity contribution in [1.29, 1.82) is 0 Å². The molecule has 16 heteroatoms. The van der Waals surface area contributed by atoms with E-state index in [1.165, 1.54) is 11.2 Å². The minimum atomic E-state index is -2.81. The highest BCUT2D eigenvalue weighted by Gasteiger charge is 2.35. The molecule has 56 heavy (non-hydrogen) atoms. The minimum absolute atomic E-state index is 0.0204. The van der Waals surface area contributed by atoms with E-state index in [2.05, 4.69) is 50.6 Å². The molecule has 0 spiro atoms. The number of fused-ring (bicyclic) bond motifs is 1. The summed E-state index contributed by atoms with van der Waals surface area (Å²) < 4.78 is 73.2. The molecule has 0 amide bonds. The van der Waals surface area contributed by atoms with E-state index < -0.39 is 46.1 Å². The van der Waals surface area contributed by atoms with Gasteiger partial charge in [-0.1, -0.05) is 12.1 Å². The summed E-state index contributed by atoms with van der Waals surface area (Å²) in [7, 11) is 0. The smallest absolute Gasteiger partial charge is 0.320 e. The topological polar surface area (TPSA) is 126 Å². The van der Waals surface area contributed by atoms with Crippen LogP contribution in [0.1, 0.15) is 56.0 Å². The number of hydrogen-bond acceptors (Lipinski definition) is 9. The lowest BCUT2D eigenvalue weighted by atomic mass is 9.94. The maximum atomic E-state index is 16.0. The number of nitrogens with one attached hydrogen (secondary N) is 1. The van der Waals surface area contributed by atoms with E-state index in [9.17, 15) is 22.7 Å². The number of carbonyl (C=O) groups is 2. The van der Waals surface area contributed by atoms with Crippen LogP contribution in [0.3, 0.4) is 0 Å². The van der Waals surface area contributed by atoms with E-state index in [-0.39, 0.29) is 43.1 Å². The number of ether oxygens (including phenoxy) is 1. The van der Waals surface area contributed by atoms with Crippen molar-refractivity contribution < 1.29 is 36.3 Å². The van der Waals surface area contributed by atoms with E-state index in [0.717, 1.165) is 68.9 Å². The molecule has 3 fully saturated rings. The third-order valence-corrected chi connectivity index (χ3v) is 12.0. The van der Waals surface area contributed by atoms with Crippen molar-refractivity contribution >= 4 is 45.4 Å². The number of ketones is 1. The van der Waals surface area contributed by atoms with Crippen molar-refractivity contribution in [2.75, 3.05) is 68.3 Å². The SMILES string of the molecule is CCOC(=O)CN1[C@H](C)CN(CC2CCN(c3ccc(-c4cnc5[nH]cc(C(=O)c6c(F)ccc(N(N7CC[C@@H](F)C7)S(=O)O)c6F)c5c4)cc3)CC2)C[C@@H]1C. The van der Waals surface area contributed by atoms with Crippen LogP contribution in [0.2, 0.25) is 0 Å². The van der Waals surface area contributed by atoms with Gasteiger partial charge in [-0.05, 0) is 81.8 Å². The zero-order valence-electron chi connectivity index (χ0n) is 31.8. The second kappa shape index (κ2) is 17.0. The van der Waals surface area contributed by atoms with Crippen molar-refractivity contribution in [1.82, 2.24) is 24.8 Å². The Morgan fingerprint density at radius 1 is 1.00 bits per heavy atom. The molecule has 3 aliphatic rings. The lowest BCUT2D eigenvalue weighted by Gasteiger charge is -2.45. The number of nitrogens with zero attached hydrogens (tertiary/aromatic N) is 6. The fourth-order valence-electron chi connectivity index (χ4n) is 8.47. The van der Waals surface area contributed by atoms with Gasteiger partial charge in [0.1, 0.15) is 23.3 Å². The molecule has 12 nitrogen and oxygen atoms in total. The molecule has 3 aliphatic heterocycles. The van der Waals surface area contributed by atoms with Gasteiger partial charge in [-0.2, -0.15) is 4.41 Å². The number of H-pyrrole nitrogens is 1. The Balaban J connectivity index is 1.01. The number of hydrazine groups is 1. The molecule has 7 rings (SSSR count). The van der Waals surface area contributed by atoms with Crippen LogP contribution in [0.25, 0.3) is 22.2 Å². The van der Waals surface area contributed by atoms with Gasteiger partial charge in [-0.3, -0.25) is 23.9 Å². The van der Waals surface area contributed by atoms with Crippen molar-refractivity contribution in [2.45, 2.75) is 58.3 Å². The number of piperidine rings is 1. The summed E-state index contributed by atoms with van der Waals surface area (Å²) in [5.41, 5.74) is 1.57. The van der Waals surface area contributed by atoms with Crippen molar-refractivity contribution in [3.63, 3.8) is 0 Å². The number of benzene rings is 2. The Bertz CT molecular complexity index is 2070. The molecule has 5 heterocycles. The van der Waals surface area contributed by atoms with E-state index in [4.69, 9.17) is 4.74 Å². The number of piperazine rings is 1. The number of carbonyl (C=O) groups excluding carboxylic acids is 2. The summed E-state index contributed by atoms with van der Waals surface area (Å²) in [5, 5.41) is 1.53. The number of hydrogen-bond donors (Lipinski definition) is 2. The molecule has 2 aromatic carbocycles. The fourth-order valence-corrected chi connectivity index (χ4v) is 9.12. The number of aromatic nitrogens is 2. The molecule has 2 N–H and O–H groups in total. The number of alkyl halides is 1. The summed E-state index contributed by atoms with van der Waals surface area (Å²) in [4.78, 5) is 40.5. The molecule has 4 atom stereocenters. The average molecular weight is 796 g/mol. The van der Waals surface area contributed by atoms with Gasteiger partial charge in [-0.15, -0.1) is 0 Å². The predicted molar refractivity (Wildman–Crippen MR) is 209 cm³/mol. The fraction of sp³-hybridized carbons (Fsp3) is 0.475. The zero-order valence-corrected chi connectivity index (χ0v) is 32.6. The molecule has 300 valence electrons. The zero-order chi connectivity index (χ0) is 39.7. The van der Waals surface area contributed by atoms with Crippen molar-refractivity contribution in [3.05, 3.63) is 77.6 Å². The Morgan fingerprint density at radius 2 is 1.71 bits per heavy atom. The van der Waals surface area contributed by atoms with Crippen LogP contribution in [-0.4, -0.2) is 123 Å². The Labute approximate surface area is 327 Å². The first-order chi connectivity index (χ1) is 26.9. The molecule has 2 aromatic heterocycles. The highest BCUT2D eigenvalue weighted by atomic mass is 32.2. The van der Waals surface area contributed by atoms with Crippen LogP contribution in [0.5, 0.6) is 0 Å². The summed E-state index contributed by atoms with van der Waals surface area (Å²) in [6.07, 6.45) is 3.96. The molecule has 1 unspecified atom stereocenters. The van der Waals surface area contributed by atoms with Crippen LogP contribution in [0.4, 0.5) is 24.5 Å². The Hall–Kier alpha value is -4.35. The molecule has 0 saturated carbocycles. The number of aromatic amines is 1. The molecule has 0 bridgehead atoms. The van der Waals surface area contributed by atoms with Gasteiger partial charge >= 0.3 is 5.97 Å². The summed E-state index contributed by atoms with van der Waals surface area (Å²) in [6, 6.07) is 12.2. The second-order valence-electron chi connectivity index (χ2n) is 15.1. The van der Waals surface area contributed by atoms with E-state index in [1.807, 2.05) is 19.1 Å². The molecular weight excluding hydrogens is 748 g/mol. The lowest BCUT2D eigenvalue weighted by Crippen LogP contribution is -2.58. The van der Waals surface area contributed by atoms with Crippen molar-refractivity contribution in [3.8, 4) is 11.1 Å². The number of anilines is 2. The number of pyridine rings is 1. The van der Waals surface area contributed by atoms with Gasteiger partial charge in [0.15, 0.2) is 5.82 Å². The standard InChI is InChI=1S/C40H48F3N7O5S/c1-4-55-36(51)24-49-25(2)20-46(21-26(49)3)22-27-11-14-47(15-12-27)31-7-5-28(6-8-31)29-17-32-33(19-45-40(32)44-18-29)39(52)37-34(42)9-10-35(38(37)43)50(56(53)54)48-16-13-30(41)23-48/h5-10,17-19,25-27,30H,4,11-16,20-24H2,1-3H3,(H,44,45)(H,53,54)/t25-,26+,30-/m1/s1. The van der Waals surface area contributed by atoms with Crippen molar-refractivity contribution in [2.24, 2.45) is 5.92 Å². The normalized spacial score (nSPS) is 22.1. The Kier molecular flexibility index (Phi) is 12.1. The van der Waals surface area contributed by atoms with Gasteiger partial charge < -0.3 is 14.6 Å². The summed E-state index contributed by atoms with van der Waals surface area (Å²) in [5.74, 6) is -3.01. The third kappa shape index (κ3) is 8.35. The minimum Gasteiger partial charge on any atom is -0.465 e. The first kappa shape index (κ1) is 39.9. The highest BCUT2D eigenvalue weighted by Crippen LogP contribution is 2.34. The largest absolute Gasteiger partial charge is 0.465 e. The highest BCUT2D eigenvalue weighted by molar-refractivity contribution is 7.80. The molecule has 0 aliphatic carbocycles. The van der Waals surface area contributed by atoms with E-state index in [1.54, 1.807) is 12.3 Å². The average Bonchev–Trinajstić information content (AvgIpc) is 3.80. The molecule has 0 radical (unpaired) electrons. The first-order valence-corrected chi connectivity index (χ1v) is 20.3. The number of esters is 1. The molecule has 4 aromatic rings. The van der Waals surface area contributed by atoms with Crippen LogP contribution >= 0.6 is 0 Å². The summed E-state index contributed by atoms with van der Waals surface area (Å²) in [6.45, 7) is 11.5. The summed E-state index contributed by atoms with van der Waals surface area (Å²) >= 11 is -2.81. The number of rotatable bonds is 12. The van der Waals surface area contributed by atoms with Crippen LogP contribution in [0.15, 0.2) is 54.9 Å². The maximum Gasteiger partial charge on any atom is 0.320 e. The third-order valence-electron chi connectivity index (χ3n) is 11.3. The quantitative estimate of drug-likeness (QED) is 0.103. The van der Waals surface area contributed by atoms with Gasteiger partial charge in [0.2, 0.25) is 5.78 Å². The molecular formula is C40H48F3N7O5S. The first-order valence-electron chi connectivity index (χ1n) is 19.2. The van der Waals surface area contributed by atoms with E-state index in [0.29, 0.717) is 40.1 Å². The monoisotopic (exact) mass is 795 g/mol. The number of halogens is 3. The van der Waals surface area contributed by atoms with Crippen LogP contribution in [-0.2, 0) is 20.8 Å². The van der Waals surface area contributed by atoms with Gasteiger partial charge in [0.25, 0.3) is 11.3 Å². The van der Waals surface area contributed by atoms with Gasteiger partial charge in [0.05, 0.1) is 25.3 Å². The van der Waals surface area contributed by atoms with Gasteiger partial charge in [0, 0.05) is 85.9 Å². The Morgan fingerprint density at radius 3 is 2.36 bits per heavy atom. The van der Waals surface area contributed by atoms with Crippen LogP contribution < -0.4 is 9.31 Å². The van der Waals surface area contributed by atoms with Gasteiger partial charge in [-0.25, -0.2) is 27.4 Å². The lowest BCUT2D eigenvalue weighted by molar-refractivity contribution is -0.146. The van der Waals surface area contributed by atoms with Crippen LogP contribution in [0, 0.1) is 17.6 Å². The molecule has 3 saturated heterocycles.